The molecule has 2 fully saturated rings. The minimum absolute atomic E-state index is 0.00688. The van der Waals surface area contributed by atoms with Gasteiger partial charge in [-0.2, -0.15) is 0 Å². The van der Waals surface area contributed by atoms with Crippen molar-refractivity contribution in [2.45, 2.75) is 26.2 Å². The van der Waals surface area contributed by atoms with E-state index in [1.165, 1.54) is 4.31 Å². The lowest BCUT2D eigenvalue weighted by Gasteiger charge is -2.22. The number of aliphatic carboxylic acids is 1. The minimum atomic E-state index is -3.13. The van der Waals surface area contributed by atoms with E-state index in [1.807, 2.05) is 6.92 Å². The summed E-state index contributed by atoms with van der Waals surface area (Å²) < 4.78 is 25.1. The molecule has 3 unspecified atom stereocenters. The number of hydrogen-bond acceptors (Lipinski definition) is 3. The zero-order valence-corrected chi connectivity index (χ0v) is 10.8. The van der Waals surface area contributed by atoms with E-state index in [4.69, 9.17) is 5.11 Å². The van der Waals surface area contributed by atoms with Crippen molar-refractivity contribution in [2.24, 2.45) is 17.8 Å². The Hall–Kier alpha value is -0.620. The van der Waals surface area contributed by atoms with Crippen molar-refractivity contribution in [1.29, 1.82) is 0 Å². The van der Waals surface area contributed by atoms with Crippen LogP contribution in [0.3, 0.4) is 0 Å². The molecule has 3 atom stereocenters. The van der Waals surface area contributed by atoms with E-state index in [9.17, 15) is 13.2 Å². The van der Waals surface area contributed by atoms with Crippen LogP contribution in [0.5, 0.6) is 0 Å². The van der Waals surface area contributed by atoms with E-state index >= 15 is 0 Å². The second-order valence-electron chi connectivity index (χ2n) is 5.34. The molecule has 0 amide bonds. The summed E-state index contributed by atoms with van der Waals surface area (Å²) in [4.78, 5) is 11.0. The van der Waals surface area contributed by atoms with Crippen LogP contribution >= 0.6 is 0 Å². The summed E-state index contributed by atoms with van der Waals surface area (Å²) >= 11 is 0. The number of carbonyl (C=O) groups is 1. The molecule has 6 heteroatoms. The lowest BCUT2D eigenvalue weighted by Crippen LogP contribution is -2.34. The maximum Gasteiger partial charge on any atom is 0.306 e. The third-order valence-corrected chi connectivity index (χ3v) is 5.89. The Balaban J connectivity index is 2.04. The van der Waals surface area contributed by atoms with Crippen LogP contribution in [-0.2, 0) is 14.8 Å². The molecule has 0 bridgehead atoms. The first-order valence-corrected chi connectivity index (χ1v) is 7.71. The predicted octanol–water partition coefficient (Wildman–Crippen LogP) is 0.769. The van der Waals surface area contributed by atoms with Crippen molar-refractivity contribution in [1.82, 2.24) is 4.31 Å². The van der Waals surface area contributed by atoms with E-state index < -0.39 is 16.0 Å². The summed E-state index contributed by atoms with van der Waals surface area (Å²) in [7, 11) is -3.13. The van der Waals surface area contributed by atoms with Crippen molar-refractivity contribution >= 4 is 16.0 Å². The number of hydrogen-bond donors (Lipinski definition) is 1. The van der Waals surface area contributed by atoms with Crippen LogP contribution in [0.25, 0.3) is 0 Å². The standard InChI is InChI=1S/C11H19NO4S/c1-8-5-12(17(15,16)7-8)6-9-3-2-4-10(9)11(13)14/h8-10H,2-7H2,1H3,(H,13,14). The molecule has 0 radical (unpaired) electrons. The van der Waals surface area contributed by atoms with E-state index in [0.29, 0.717) is 19.5 Å². The van der Waals surface area contributed by atoms with Crippen LogP contribution in [0.1, 0.15) is 26.2 Å². The van der Waals surface area contributed by atoms with Crippen molar-refractivity contribution < 1.29 is 18.3 Å². The summed E-state index contributed by atoms with van der Waals surface area (Å²) in [5.41, 5.74) is 0. The molecule has 1 saturated heterocycles. The van der Waals surface area contributed by atoms with Gasteiger partial charge in [-0.3, -0.25) is 4.79 Å². The smallest absolute Gasteiger partial charge is 0.306 e. The summed E-state index contributed by atoms with van der Waals surface area (Å²) in [6, 6.07) is 0. The van der Waals surface area contributed by atoms with Crippen LogP contribution in [-0.4, -0.2) is 42.6 Å². The van der Waals surface area contributed by atoms with Crippen LogP contribution in [0, 0.1) is 17.8 Å². The zero-order valence-electron chi connectivity index (χ0n) is 10.0. The fraction of sp³-hybridized carbons (Fsp3) is 0.909. The zero-order chi connectivity index (χ0) is 12.6. The number of carboxylic acids is 1. The highest BCUT2D eigenvalue weighted by Gasteiger charge is 2.39. The molecule has 1 N–H and O–H groups in total. The van der Waals surface area contributed by atoms with Crippen LogP contribution in [0.15, 0.2) is 0 Å². The van der Waals surface area contributed by atoms with Gasteiger partial charge in [-0.05, 0) is 24.7 Å². The molecular weight excluding hydrogens is 242 g/mol. The fourth-order valence-electron chi connectivity index (χ4n) is 3.01. The van der Waals surface area contributed by atoms with Gasteiger partial charge in [0.2, 0.25) is 10.0 Å². The Morgan fingerprint density at radius 2 is 2.12 bits per heavy atom. The van der Waals surface area contributed by atoms with Gasteiger partial charge in [0.05, 0.1) is 11.7 Å². The summed E-state index contributed by atoms with van der Waals surface area (Å²) in [5.74, 6) is -0.784. The van der Waals surface area contributed by atoms with E-state index in [1.54, 1.807) is 0 Å². The molecule has 5 nitrogen and oxygen atoms in total. The van der Waals surface area contributed by atoms with Crippen LogP contribution in [0.2, 0.25) is 0 Å². The van der Waals surface area contributed by atoms with Gasteiger partial charge in [0, 0.05) is 13.1 Å². The van der Waals surface area contributed by atoms with Gasteiger partial charge in [0.25, 0.3) is 0 Å². The van der Waals surface area contributed by atoms with Gasteiger partial charge in [-0.25, -0.2) is 12.7 Å². The number of nitrogens with zero attached hydrogens (tertiary/aromatic N) is 1. The Morgan fingerprint density at radius 1 is 1.41 bits per heavy atom. The third-order valence-electron chi connectivity index (χ3n) is 3.82. The highest BCUT2D eigenvalue weighted by atomic mass is 32.2. The molecule has 0 spiro atoms. The highest BCUT2D eigenvalue weighted by molar-refractivity contribution is 7.89. The van der Waals surface area contributed by atoms with E-state index in [2.05, 4.69) is 0 Å². The molecule has 0 aromatic rings. The third kappa shape index (κ3) is 2.63. The molecule has 1 aliphatic heterocycles. The van der Waals surface area contributed by atoms with Crippen LogP contribution in [0.4, 0.5) is 0 Å². The quantitative estimate of drug-likeness (QED) is 0.814. The largest absolute Gasteiger partial charge is 0.481 e. The number of carboxylic acid groups (broad SMARTS) is 1. The monoisotopic (exact) mass is 261 g/mol. The molecule has 0 aromatic heterocycles. The van der Waals surface area contributed by atoms with Gasteiger partial charge < -0.3 is 5.11 Å². The maximum atomic E-state index is 11.8. The lowest BCUT2D eigenvalue weighted by molar-refractivity contribution is -0.143. The van der Waals surface area contributed by atoms with Gasteiger partial charge in [-0.15, -0.1) is 0 Å². The van der Waals surface area contributed by atoms with Gasteiger partial charge in [0.15, 0.2) is 0 Å². The minimum Gasteiger partial charge on any atom is -0.481 e. The second-order valence-corrected chi connectivity index (χ2v) is 7.35. The van der Waals surface area contributed by atoms with Crippen molar-refractivity contribution in [3.05, 3.63) is 0 Å². The topological polar surface area (TPSA) is 74.7 Å². The predicted molar refractivity (Wildman–Crippen MR) is 63.0 cm³/mol. The van der Waals surface area contributed by atoms with Gasteiger partial charge in [0.1, 0.15) is 0 Å². The average molecular weight is 261 g/mol. The Bertz CT molecular complexity index is 406. The molecule has 2 rings (SSSR count). The van der Waals surface area contributed by atoms with Crippen molar-refractivity contribution in [3.63, 3.8) is 0 Å². The first kappa shape index (κ1) is 12.8. The molecular formula is C11H19NO4S. The maximum absolute atomic E-state index is 11.8. The molecule has 17 heavy (non-hydrogen) atoms. The lowest BCUT2D eigenvalue weighted by atomic mass is 9.96. The first-order valence-electron chi connectivity index (χ1n) is 6.11. The van der Waals surface area contributed by atoms with Crippen molar-refractivity contribution in [3.8, 4) is 0 Å². The van der Waals surface area contributed by atoms with Gasteiger partial charge >= 0.3 is 5.97 Å². The Labute approximate surface area is 102 Å². The van der Waals surface area contributed by atoms with E-state index in [-0.39, 0.29) is 23.5 Å². The Kier molecular flexibility index (Phi) is 3.45. The van der Waals surface area contributed by atoms with Crippen molar-refractivity contribution in [2.75, 3.05) is 18.8 Å². The SMILES string of the molecule is CC1CN(CC2CCCC2C(=O)O)S(=O)(=O)C1. The molecule has 1 saturated carbocycles. The molecule has 98 valence electrons. The number of sulfonamides is 1. The molecule has 0 aromatic carbocycles. The van der Waals surface area contributed by atoms with E-state index in [0.717, 1.165) is 12.8 Å². The van der Waals surface area contributed by atoms with Crippen LogP contribution < -0.4 is 0 Å². The Morgan fingerprint density at radius 3 is 2.65 bits per heavy atom. The second kappa shape index (κ2) is 4.57. The molecule has 2 aliphatic rings. The fourth-order valence-corrected chi connectivity index (χ4v) is 4.94. The summed E-state index contributed by atoms with van der Waals surface area (Å²) in [5, 5.41) is 9.07. The highest BCUT2D eigenvalue weighted by Crippen LogP contribution is 2.34. The summed E-state index contributed by atoms with van der Waals surface area (Å²) in [6.07, 6.45) is 2.41. The number of rotatable bonds is 3. The van der Waals surface area contributed by atoms with Gasteiger partial charge in [-0.1, -0.05) is 13.3 Å². The molecule has 1 heterocycles. The normalized spacial score (nSPS) is 37.4. The summed E-state index contributed by atoms with van der Waals surface area (Å²) in [6.45, 7) is 2.86. The molecule has 1 aliphatic carbocycles. The average Bonchev–Trinajstić information content (AvgIpc) is 2.72. The first-order chi connectivity index (χ1) is 7.90.